The zero-order chi connectivity index (χ0) is 21.4. The number of carbonyl (C=O) groups excluding carboxylic acids is 1. The number of para-hydroxylation sites is 1. The molecule has 4 aromatic rings. The monoisotopic (exact) mass is 424 g/mol. The number of aromatic nitrogens is 1. The van der Waals surface area contributed by atoms with Crippen molar-refractivity contribution in [2.45, 2.75) is 36.5 Å². The summed E-state index contributed by atoms with van der Waals surface area (Å²) < 4.78 is 0. The number of fused-ring (bicyclic) bond motifs is 2. The van der Waals surface area contributed by atoms with Gasteiger partial charge in [0.1, 0.15) is 0 Å². The number of carbonyl (C=O) groups is 1. The van der Waals surface area contributed by atoms with E-state index in [2.05, 4.69) is 61.3 Å². The second-order valence-corrected chi connectivity index (χ2v) is 9.37. The van der Waals surface area contributed by atoms with Crippen LogP contribution in [0.1, 0.15) is 40.1 Å². The molecule has 3 aromatic carbocycles. The number of rotatable bonds is 3. The van der Waals surface area contributed by atoms with Gasteiger partial charge in [0.25, 0.3) is 5.91 Å². The van der Waals surface area contributed by atoms with Gasteiger partial charge in [0.2, 0.25) is 0 Å². The third kappa shape index (κ3) is 3.72. The first-order chi connectivity index (χ1) is 15.1. The van der Waals surface area contributed by atoms with E-state index in [9.17, 15) is 4.79 Å². The Morgan fingerprint density at radius 3 is 2.65 bits per heavy atom. The summed E-state index contributed by atoms with van der Waals surface area (Å²) in [6.45, 7) is 4.27. The molecule has 154 valence electrons. The number of hydrogen-bond donors (Lipinski definition) is 0. The molecule has 2 heterocycles. The molecule has 1 amide bonds. The minimum atomic E-state index is 0.0634. The largest absolute Gasteiger partial charge is 0.305 e. The molecular weight excluding hydrogens is 400 g/mol. The minimum absolute atomic E-state index is 0.0634. The van der Waals surface area contributed by atoms with Crippen LogP contribution in [0.5, 0.6) is 0 Å². The predicted molar refractivity (Wildman–Crippen MR) is 129 cm³/mol. The van der Waals surface area contributed by atoms with Crippen molar-refractivity contribution in [1.29, 1.82) is 0 Å². The van der Waals surface area contributed by atoms with Crippen LogP contribution in [0.4, 0.5) is 5.69 Å². The van der Waals surface area contributed by atoms with Crippen LogP contribution < -0.4 is 4.90 Å². The number of aryl methyl sites for hydroxylation is 1. The molecule has 1 aliphatic rings. The van der Waals surface area contributed by atoms with E-state index in [1.165, 1.54) is 16.0 Å². The molecule has 4 heteroatoms. The summed E-state index contributed by atoms with van der Waals surface area (Å²) in [6, 6.07) is 26.6. The van der Waals surface area contributed by atoms with Crippen LogP contribution in [0, 0.1) is 6.92 Å². The molecule has 1 aromatic heterocycles. The van der Waals surface area contributed by atoms with Crippen molar-refractivity contribution in [2.75, 3.05) is 4.90 Å². The van der Waals surface area contributed by atoms with Crippen LogP contribution in [-0.2, 0) is 0 Å². The Hall–Kier alpha value is -3.11. The number of amides is 1. The zero-order valence-electron chi connectivity index (χ0n) is 17.7. The summed E-state index contributed by atoms with van der Waals surface area (Å²) in [4.78, 5) is 21.2. The lowest BCUT2D eigenvalue weighted by atomic mass is 9.94. The molecule has 0 saturated carbocycles. The molecular formula is C27H24N2OS. The third-order valence-electron chi connectivity index (χ3n) is 5.89. The molecule has 5 rings (SSSR count). The van der Waals surface area contributed by atoms with Crippen molar-refractivity contribution in [3.05, 3.63) is 102 Å². The van der Waals surface area contributed by atoms with Crippen molar-refractivity contribution < 1.29 is 4.79 Å². The maximum atomic E-state index is 13.4. The van der Waals surface area contributed by atoms with E-state index in [0.29, 0.717) is 0 Å². The Morgan fingerprint density at radius 1 is 1.00 bits per heavy atom. The molecule has 0 radical (unpaired) electrons. The standard InChI is InChI=1S/C27H24N2OS/c1-18-13-14-23-22(16-18)25(31-24-12-6-10-20-11-7-15-28-26(20)24)17-19(2)29(23)27(30)21-8-4-3-5-9-21/h3-16,19,25H,17H2,1-2H3. The molecule has 0 bridgehead atoms. The minimum Gasteiger partial charge on any atom is -0.305 e. The Kier molecular flexibility index (Phi) is 5.24. The Balaban J connectivity index is 1.56. The molecule has 0 aliphatic carbocycles. The van der Waals surface area contributed by atoms with E-state index in [0.717, 1.165) is 28.6 Å². The van der Waals surface area contributed by atoms with Gasteiger partial charge in [-0.2, -0.15) is 0 Å². The average molecular weight is 425 g/mol. The molecule has 0 spiro atoms. The van der Waals surface area contributed by atoms with E-state index >= 15 is 0 Å². The van der Waals surface area contributed by atoms with Crippen molar-refractivity contribution in [3.8, 4) is 0 Å². The molecule has 31 heavy (non-hydrogen) atoms. The van der Waals surface area contributed by atoms with Crippen LogP contribution in [-0.4, -0.2) is 16.9 Å². The van der Waals surface area contributed by atoms with Gasteiger partial charge in [-0.1, -0.05) is 54.1 Å². The first kappa shape index (κ1) is 19.8. The topological polar surface area (TPSA) is 33.2 Å². The van der Waals surface area contributed by atoms with E-state index < -0.39 is 0 Å². The van der Waals surface area contributed by atoms with Gasteiger partial charge >= 0.3 is 0 Å². The van der Waals surface area contributed by atoms with Crippen molar-refractivity contribution >= 4 is 34.3 Å². The summed E-state index contributed by atoms with van der Waals surface area (Å²) in [6.07, 6.45) is 2.75. The number of anilines is 1. The zero-order valence-corrected chi connectivity index (χ0v) is 18.5. The number of benzene rings is 3. The van der Waals surface area contributed by atoms with Crippen molar-refractivity contribution in [3.63, 3.8) is 0 Å². The van der Waals surface area contributed by atoms with Crippen molar-refractivity contribution in [2.24, 2.45) is 0 Å². The highest BCUT2D eigenvalue weighted by Gasteiger charge is 2.35. The van der Waals surface area contributed by atoms with Crippen LogP contribution in [0.25, 0.3) is 10.9 Å². The van der Waals surface area contributed by atoms with Gasteiger partial charge in [0.15, 0.2) is 0 Å². The summed E-state index contributed by atoms with van der Waals surface area (Å²) in [7, 11) is 0. The normalized spacial score (nSPS) is 18.1. The third-order valence-corrected chi connectivity index (χ3v) is 7.20. The van der Waals surface area contributed by atoms with Crippen LogP contribution in [0.15, 0.2) is 90.0 Å². The molecule has 0 N–H and O–H groups in total. The van der Waals surface area contributed by atoms with Gasteiger partial charge in [-0.05, 0) is 56.2 Å². The highest BCUT2D eigenvalue weighted by molar-refractivity contribution is 7.99. The fourth-order valence-corrected chi connectivity index (χ4v) is 5.83. The second-order valence-electron chi connectivity index (χ2n) is 8.13. The van der Waals surface area contributed by atoms with E-state index in [-0.39, 0.29) is 17.2 Å². The SMILES string of the molecule is Cc1ccc2c(c1)C(Sc1cccc3cccnc13)CC(C)N2C(=O)c1ccccc1. The highest BCUT2D eigenvalue weighted by Crippen LogP contribution is 2.48. The summed E-state index contributed by atoms with van der Waals surface area (Å²) in [5.74, 6) is 0.0634. The molecule has 1 aliphatic heterocycles. The van der Waals surface area contributed by atoms with Crippen LogP contribution in [0.2, 0.25) is 0 Å². The predicted octanol–water partition coefficient (Wildman–Crippen LogP) is 6.82. The maximum absolute atomic E-state index is 13.4. The average Bonchev–Trinajstić information content (AvgIpc) is 2.80. The lowest BCUT2D eigenvalue weighted by molar-refractivity contribution is 0.0975. The van der Waals surface area contributed by atoms with Crippen molar-refractivity contribution in [1.82, 2.24) is 4.98 Å². The molecule has 0 saturated heterocycles. The van der Waals surface area contributed by atoms with Gasteiger partial charge in [-0.3, -0.25) is 9.78 Å². The van der Waals surface area contributed by atoms with Crippen LogP contribution >= 0.6 is 11.8 Å². The molecule has 2 unspecified atom stereocenters. The van der Waals surface area contributed by atoms with Gasteiger partial charge in [0, 0.05) is 39.0 Å². The molecule has 2 atom stereocenters. The number of thioether (sulfide) groups is 1. The fourth-order valence-electron chi connectivity index (χ4n) is 4.40. The Labute approximate surface area is 187 Å². The summed E-state index contributed by atoms with van der Waals surface area (Å²) in [5.41, 5.74) is 5.22. The summed E-state index contributed by atoms with van der Waals surface area (Å²) in [5, 5.41) is 1.42. The molecule has 0 fully saturated rings. The van der Waals surface area contributed by atoms with Gasteiger partial charge in [0.05, 0.1) is 5.52 Å². The quantitative estimate of drug-likeness (QED) is 0.362. The smallest absolute Gasteiger partial charge is 0.258 e. The first-order valence-electron chi connectivity index (χ1n) is 10.6. The first-order valence-corrected chi connectivity index (χ1v) is 11.5. The van der Waals surface area contributed by atoms with Gasteiger partial charge < -0.3 is 4.90 Å². The number of nitrogens with zero attached hydrogens (tertiary/aromatic N) is 2. The number of hydrogen-bond acceptors (Lipinski definition) is 3. The lowest BCUT2D eigenvalue weighted by Gasteiger charge is -2.39. The summed E-state index contributed by atoms with van der Waals surface area (Å²) >= 11 is 1.86. The molecule has 3 nitrogen and oxygen atoms in total. The van der Waals surface area contributed by atoms with E-state index in [1.807, 2.05) is 59.3 Å². The van der Waals surface area contributed by atoms with Gasteiger partial charge in [-0.25, -0.2) is 0 Å². The number of pyridine rings is 1. The van der Waals surface area contributed by atoms with E-state index in [4.69, 9.17) is 0 Å². The Bertz CT molecular complexity index is 1250. The lowest BCUT2D eigenvalue weighted by Crippen LogP contribution is -2.42. The fraction of sp³-hybridized carbons (Fsp3) is 0.185. The highest BCUT2D eigenvalue weighted by atomic mass is 32.2. The van der Waals surface area contributed by atoms with Crippen LogP contribution in [0.3, 0.4) is 0 Å². The maximum Gasteiger partial charge on any atom is 0.258 e. The Morgan fingerprint density at radius 2 is 1.81 bits per heavy atom. The van der Waals surface area contributed by atoms with E-state index in [1.54, 1.807) is 0 Å². The second kappa shape index (κ2) is 8.20. The van der Waals surface area contributed by atoms with Gasteiger partial charge in [-0.15, -0.1) is 11.8 Å².